The molecule has 0 saturated carbocycles. The normalized spacial score (nSPS) is 10.7. The molecule has 134 valence electrons. The Morgan fingerprint density at radius 3 is 2.52 bits per heavy atom. The number of nitrogens with zero attached hydrogens (tertiary/aromatic N) is 1. The lowest BCUT2D eigenvalue weighted by Crippen LogP contribution is -2.11. The zero-order valence-electron chi connectivity index (χ0n) is 14.4. The minimum absolute atomic E-state index is 0.176. The van der Waals surface area contributed by atoms with Gasteiger partial charge < -0.3 is 15.1 Å². The molecule has 2 amide bonds. The zero-order valence-corrected chi connectivity index (χ0v) is 15.2. The fraction of sp³-hybridized carbons (Fsp3) is 0.0500. The SMILES string of the molecule is CC(=O)Nc1cccc(NC(=O)c2ccc(-c3nc4ccccc4s3)o2)c1. The van der Waals surface area contributed by atoms with E-state index in [9.17, 15) is 9.59 Å². The van der Waals surface area contributed by atoms with Gasteiger partial charge in [0, 0.05) is 18.3 Å². The smallest absolute Gasteiger partial charge is 0.291 e. The van der Waals surface area contributed by atoms with Gasteiger partial charge in [-0.2, -0.15) is 0 Å². The van der Waals surface area contributed by atoms with Gasteiger partial charge in [0.05, 0.1) is 10.2 Å². The summed E-state index contributed by atoms with van der Waals surface area (Å²) in [4.78, 5) is 28.1. The van der Waals surface area contributed by atoms with Crippen LogP contribution >= 0.6 is 11.3 Å². The Hall–Kier alpha value is -3.45. The van der Waals surface area contributed by atoms with Crippen LogP contribution in [-0.4, -0.2) is 16.8 Å². The first kappa shape index (κ1) is 17.0. The van der Waals surface area contributed by atoms with Crippen molar-refractivity contribution in [2.24, 2.45) is 0 Å². The van der Waals surface area contributed by atoms with Crippen molar-refractivity contribution in [2.45, 2.75) is 6.92 Å². The van der Waals surface area contributed by atoms with Gasteiger partial charge in [0.1, 0.15) is 0 Å². The van der Waals surface area contributed by atoms with Gasteiger partial charge in [-0.05, 0) is 42.5 Å². The van der Waals surface area contributed by atoms with E-state index in [4.69, 9.17) is 4.42 Å². The average Bonchev–Trinajstić information content (AvgIpc) is 3.28. The number of thiazole rings is 1. The van der Waals surface area contributed by atoms with Crippen LogP contribution in [0.2, 0.25) is 0 Å². The summed E-state index contributed by atoms with van der Waals surface area (Å²) in [6.07, 6.45) is 0. The van der Waals surface area contributed by atoms with E-state index in [1.165, 1.54) is 18.3 Å². The van der Waals surface area contributed by atoms with Crippen LogP contribution in [0.4, 0.5) is 11.4 Å². The Morgan fingerprint density at radius 2 is 1.74 bits per heavy atom. The molecule has 2 aromatic heterocycles. The van der Waals surface area contributed by atoms with Gasteiger partial charge in [0.25, 0.3) is 5.91 Å². The number of amides is 2. The number of rotatable bonds is 4. The largest absolute Gasteiger partial charge is 0.448 e. The third kappa shape index (κ3) is 3.73. The van der Waals surface area contributed by atoms with Crippen molar-refractivity contribution < 1.29 is 14.0 Å². The number of hydrogen-bond acceptors (Lipinski definition) is 5. The molecule has 0 aliphatic rings. The summed E-state index contributed by atoms with van der Waals surface area (Å²) in [5, 5.41) is 6.16. The Morgan fingerprint density at radius 1 is 0.963 bits per heavy atom. The number of fused-ring (bicyclic) bond motifs is 1. The highest BCUT2D eigenvalue weighted by Gasteiger charge is 2.15. The first-order valence-electron chi connectivity index (χ1n) is 8.23. The number of furan rings is 1. The first-order valence-corrected chi connectivity index (χ1v) is 9.05. The summed E-state index contributed by atoms with van der Waals surface area (Å²) >= 11 is 1.51. The molecule has 0 unspecified atom stereocenters. The van der Waals surface area contributed by atoms with E-state index in [-0.39, 0.29) is 17.6 Å². The Labute approximate surface area is 158 Å². The highest BCUT2D eigenvalue weighted by atomic mass is 32.1. The summed E-state index contributed by atoms with van der Waals surface area (Å²) in [6.45, 7) is 1.43. The lowest BCUT2D eigenvalue weighted by molar-refractivity contribution is -0.114. The highest BCUT2D eigenvalue weighted by Crippen LogP contribution is 2.31. The summed E-state index contributed by atoms with van der Waals surface area (Å²) < 4.78 is 6.75. The molecule has 6 nitrogen and oxygen atoms in total. The molecule has 4 rings (SSSR count). The fourth-order valence-corrected chi connectivity index (χ4v) is 3.55. The lowest BCUT2D eigenvalue weighted by Gasteiger charge is -2.06. The summed E-state index contributed by atoms with van der Waals surface area (Å²) in [5.41, 5.74) is 2.06. The molecule has 2 N–H and O–H groups in total. The number of aromatic nitrogens is 1. The molecule has 4 aromatic rings. The van der Waals surface area contributed by atoms with E-state index in [1.807, 2.05) is 24.3 Å². The summed E-state index contributed by atoms with van der Waals surface area (Å²) in [5.74, 6) is 0.190. The minimum atomic E-state index is -0.373. The second-order valence-corrected chi connectivity index (χ2v) is 6.90. The Bertz CT molecular complexity index is 1110. The van der Waals surface area contributed by atoms with Crippen LogP contribution in [0, 0.1) is 0 Å². The van der Waals surface area contributed by atoms with Crippen LogP contribution in [0.5, 0.6) is 0 Å². The molecule has 27 heavy (non-hydrogen) atoms. The molecule has 0 fully saturated rings. The van der Waals surface area contributed by atoms with Gasteiger partial charge in [-0.25, -0.2) is 4.98 Å². The van der Waals surface area contributed by atoms with Crippen LogP contribution in [0.25, 0.3) is 21.0 Å². The standard InChI is InChI=1S/C20H15N3O3S/c1-12(24)21-13-5-4-6-14(11-13)22-19(25)16-9-10-17(26-16)20-23-15-7-2-3-8-18(15)27-20/h2-11H,1H3,(H,21,24)(H,22,25). The second kappa shape index (κ2) is 7.05. The van der Waals surface area contributed by atoms with E-state index in [1.54, 1.807) is 36.4 Å². The Balaban J connectivity index is 1.52. The molecule has 2 aromatic carbocycles. The maximum Gasteiger partial charge on any atom is 0.291 e. The number of carbonyl (C=O) groups is 2. The second-order valence-electron chi connectivity index (χ2n) is 5.87. The topological polar surface area (TPSA) is 84.2 Å². The summed E-state index contributed by atoms with van der Waals surface area (Å²) in [6, 6.07) is 18.1. The van der Waals surface area contributed by atoms with E-state index in [0.717, 1.165) is 15.2 Å². The number of anilines is 2. The van der Waals surface area contributed by atoms with Crippen molar-refractivity contribution in [3.63, 3.8) is 0 Å². The van der Waals surface area contributed by atoms with Crippen molar-refractivity contribution in [1.29, 1.82) is 0 Å². The molecule has 0 spiro atoms. The van der Waals surface area contributed by atoms with Crippen molar-refractivity contribution in [3.05, 3.63) is 66.4 Å². The summed E-state index contributed by atoms with van der Waals surface area (Å²) in [7, 11) is 0. The fourth-order valence-electron chi connectivity index (χ4n) is 2.62. The maximum absolute atomic E-state index is 12.5. The maximum atomic E-state index is 12.5. The average molecular weight is 377 g/mol. The molecule has 0 bridgehead atoms. The monoisotopic (exact) mass is 377 g/mol. The number of hydrogen-bond donors (Lipinski definition) is 2. The van der Waals surface area contributed by atoms with Gasteiger partial charge in [0.15, 0.2) is 16.5 Å². The van der Waals surface area contributed by atoms with E-state index < -0.39 is 0 Å². The molecule has 7 heteroatoms. The quantitative estimate of drug-likeness (QED) is 0.537. The molecule has 0 aliphatic heterocycles. The van der Waals surface area contributed by atoms with Crippen LogP contribution in [0.15, 0.2) is 65.1 Å². The van der Waals surface area contributed by atoms with Crippen molar-refractivity contribution in [1.82, 2.24) is 4.98 Å². The zero-order chi connectivity index (χ0) is 18.8. The number of benzene rings is 2. The first-order chi connectivity index (χ1) is 13.1. The van der Waals surface area contributed by atoms with Crippen LogP contribution in [-0.2, 0) is 4.79 Å². The highest BCUT2D eigenvalue weighted by molar-refractivity contribution is 7.21. The number of nitrogens with one attached hydrogen (secondary N) is 2. The van der Waals surface area contributed by atoms with Crippen LogP contribution < -0.4 is 10.6 Å². The molecule has 2 heterocycles. The van der Waals surface area contributed by atoms with Gasteiger partial charge in [-0.3, -0.25) is 9.59 Å². The third-order valence-corrected chi connectivity index (χ3v) is 4.83. The van der Waals surface area contributed by atoms with Crippen molar-refractivity contribution in [2.75, 3.05) is 10.6 Å². The molecular weight excluding hydrogens is 362 g/mol. The minimum Gasteiger partial charge on any atom is -0.448 e. The Kier molecular flexibility index (Phi) is 4.43. The number of carbonyl (C=O) groups excluding carboxylic acids is 2. The predicted octanol–water partition coefficient (Wildman–Crippen LogP) is 4.77. The predicted molar refractivity (Wildman–Crippen MR) is 106 cm³/mol. The van der Waals surface area contributed by atoms with Gasteiger partial charge >= 0.3 is 0 Å². The number of para-hydroxylation sites is 1. The van der Waals surface area contributed by atoms with Gasteiger partial charge in [-0.15, -0.1) is 11.3 Å². The van der Waals surface area contributed by atoms with Gasteiger partial charge in [-0.1, -0.05) is 18.2 Å². The third-order valence-electron chi connectivity index (χ3n) is 3.78. The van der Waals surface area contributed by atoms with Crippen molar-refractivity contribution >= 4 is 44.7 Å². The van der Waals surface area contributed by atoms with E-state index in [2.05, 4.69) is 15.6 Å². The molecule has 0 radical (unpaired) electrons. The molecule has 0 aliphatic carbocycles. The molecular formula is C20H15N3O3S. The van der Waals surface area contributed by atoms with Gasteiger partial charge in [0.2, 0.25) is 5.91 Å². The van der Waals surface area contributed by atoms with E-state index in [0.29, 0.717) is 17.1 Å². The lowest BCUT2D eigenvalue weighted by atomic mass is 10.2. The van der Waals surface area contributed by atoms with E-state index >= 15 is 0 Å². The van der Waals surface area contributed by atoms with Crippen LogP contribution in [0.1, 0.15) is 17.5 Å². The molecule has 0 atom stereocenters. The molecule has 0 saturated heterocycles. The van der Waals surface area contributed by atoms with Crippen molar-refractivity contribution in [3.8, 4) is 10.8 Å². The van der Waals surface area contributed by atoms with Crippen LogP contribution in [0.3, 0.4) is 0 Å².